The predicted octanol–water partition coefficient (Wildman–Crippen LogP) is 6.82. The molecular weight excluding hydrogens is 645 g/mol. The van der Waals surface area contributed by atoms with Crippen molar-refractivity contribution >= 4 is 55.7 Å². The summed E-state index contributed by atoms with van der Waals surface area (Å²) in [6.07, 6.45) is 11.0. The number of hydrogen-bond acceptors (Lipinski definition) is 5. The van der Waals surface area contributed by atoms with Gasteiger partial charge in [-0.05, 0) is 113 Å². The van der Waals surface area contributed by atoms with Crippen LogP contribution in [0.1, 0.15) is 41.0 Å². The van der Waals surface area contributed by atoms with Crippen molar-refractivity contribution in [2.45, 2.75) is 41.0 Å². The van der Waals surface area contributed by atoms with Crippen LogP contribution in [0.15, 0.2) is 149 Å². The fourth-order valence-corrected chi connectivity index (χ4v) is 7.27. The van der Waals surface area contributed by atoms with Gasteiger partial charge in [0.2, 0.25) is 0 Å². The van der Waals surface area contributed by atoms with E-state index in [9.17, 15) is 20.4 Å². The van der Waals surface area contributed by atoms with Crippen LogP contribution in [0.3, 0.4) is 0 Å². The van der Waals surface area contributed by atoms with Gasteiger partial charge < -0.3 is 24.8 Å². The van der Waals surface area contributed by atoms with Gasteiger partial charge in [-0.25, -0.2) is 0 Å². The van der Waals surface area contributed by atoms with Gasteiger partial charge in [-0.1, -0.05) is 110 Å². The maximum absolute atomic E-state index is 10.8. The third-order valence-corrected chi connectivity index (χ3v) is 9.98. The van der Waals surface area contributed by atoms with Gasteiger partial charge in [-0.15, -0.1) is 0 Å². The van der Waals surface area contributed by atoms with Crippen LogP contribution in [0.2, 0.25) is 0 Å². The summed E-state index contributed by atoms with van der Waals surface area (Å²) < 4.78 is 6.59. The molecule has 5 aromatic rings. The molecule has 0 atom stereocenters. The van der Waals surface area contributed by atoms with Crippen LogP contribution >= 0.6 is 0 Å². The molecule has 0 bridgehead atoms. The molecule has 1 aliphatic carbocycles. The normalized spacial score (nSPS) is 20.1. The van der Waals surface area contributed by atoms with E-state index in [1.807, 2.05) is 67.6 Å². The van der Waals surface area contributed by atoms with E-state index in [4.69, 9.17) is 4.42 Å². The fraction of sp³-hybridized carbons (Fsp3) is 0.149. The van der Waals surface area contributed by atoms with Crippen LogP contribution < -0.4 is 31.5 Å². The Bertz CT molecular complexity index is 2780. The Hall–Kier alpha value is -6.04. The highest BCUT2D eigenvalue weighted by Crippen LogP contribution is 2.25. The minimum absolute atomic E-state index is 0.107. The molecule has 0 saturated carbocycles. The first-order chi connectivity index (χ1) is 25.1. The van der Waals surface area contributed by atoms with E-state index < -0.39 is 23.9 Å². The van der Waals surface area contributed by atoms with Crippen LogP contribution in [0.25, 0.3) is 55.7 Å². The third-order valence-electron chi connectivity index (χ3n) is 9.98. The number of aliphatic hydroxyl groups is 4. The maximum Gasteiger partial charge on any atom is 0.195 e. The average molecular weight is 689 g/mol. The molecule has 0 aliphatic heterocycles. The largest absolute Gasteiger partial charge is 0.509 e. The molecule has 5 nitrogen and oxygen atoms in total. The average Bonchev–Trinajstić information content (AvgIpc) is 3.55. The first-order valence-electron chi connectivity index (χ1n) is 17.4. The van der Waals surface area contributed by atoms with E-state index in [-0.39, 0.29) is 5.57 Å². The second-order valence-corrected chi connectivity index (χ2v) is 13.0. The number of hydrogen-bond donors (Lipinski definition) is 4. The zero-order valence-corrected chi connectivity index (χ0v) is 30.3. The molecule has 4 N–H and O–H groups in total. The van der Waals surface area contributed by atoms with Gasteiger partial charge in [-0.2, -0.15) is 0 Å². The summed E-state index contributed by atoms with van der Waals surface area (Å²) in [5.74, 6) is -1.70. The Kier molecular flexibility index (Phi) is 10.4. The number of fused-ring (bicyclic) bond motifs is 4. The Morgan fingerprint density at radius 1 is 0.750 bits per heavy atom. The number of furan rings is 1. The van der Waals surface area contributed by atoms with Crippen molar-refractivity contribution in [3.05, 3.63) is 176 Å². The lowest BCUT2D eigenvalue weighted by molar-refractivity contribution is 0.272. The van der Waals surface area contributed by atoms with Gasteiger partial charge in [-0.3, -0.25) is 0 Å². The summed E-state index contributed by atoms with van der Waals surface area (Å²) in [4.78, 5) is 0. The van der Waals surface area contributed by atoms with Crippen molar-refractivity contribution in [1.82, 2.24) is 0 Å². The molecule has 1 aromatic heterocycles. The SMILES string of the molecule is C=C1/C=C\C=C/CC(/C(C)=c2/c(=C\C)oc3c2ccc2ccccc23)=c2/cccc/c2=C1\C(C)=c1/cccc/c1=C(C)\C(CO)=C(O)\C(O)=C(/C)O. The van der Waals surface area contributed by atoms with Crippen LogP contribution in [-0.4, -0.2) is 27.0 Å². The van der Waals surface area contributed by atoms with Crippen LogP contribution in [0.5, 0.6) is 0 Å². The second-order valence-electron chi connectivity index (χ2n) is 13.0. The van der Waals surface area contributed by atoms with Crippen LogP contribution in [-0.2, 0) is 0 Å². The standard InChI is InChI=1S/C47H44O5/c1-7-42-44(40-26-25-33-18-11-12-22-37(33)47(40)52-42)31(5)36-19-10-8-9-17-28(2)43(39-24-16-15-23-38(36)39)30(4)35-21-14-13-20-34(35)29(3)41(27-48)46(51)45(50)32(6)49/h7-18,20-26,48-51H,2,19,27H2,1,3-6H3/b10-8-,17-9-,34-29+,35-30+,38-36+,42-7+,43-39+,44-31+,45-32-,46-41-. The van der Waals surface area contributed by atoms with Crippen molar-refractivity contribution < 1.29 is 24.8 Å². The predicted molar refractivity (Wildman–Crippen MR) is 215 cm³/mol. The lowest BCUT2D eigenvalue weighted by Crippen LogP contribution is -2.34. The van der Waals surface area contributed by atoms with Crippen LogP contribution in [0.4, 0.5) is 0 Å². The molecule has 5 heteroatoms. The highest BCUT2D eigenvalue weighted by atomic mass is 16.3. The molecule has 1 heterocycles. The Morgan fingerprint density at radius 3 is 2.13 bits per heavy atom. The van der Waals surface area contributed by atoms with E-state index in [2.05, 4.69) is 75.0 Å². The van der Waals surface area contributed by atoms with Gasteiger partial charge in [0.25, 0.3) is 0 Å². The lowest BCUT2D eigenvalue weighted by Gasteiger charge is -2.15. The number of rotatable bonds is 5. The minimum atomic E-state index is -0.680. The smallest absolute Gasteiger partial charge is 0.195 e. The molecule has 0 unspecified atom stereocenters. The minimum Gasteiger partial charge on any atom is -0.509 e. The number of allylic oxidation sites excluding steroid dienone is 6. The first-order valence-corrected chi connectivity index (χ1v) is 17.4. The van der Waals surface area contributed by atoms with Crippen molar-refractivity contribution in [1.29, 1.82) is 0 Å². The summed E-state index contributed by atoms with van der Waals surface area (Å²) in [6, 6.07) is 28.8. The summed E-state index contributed by atoms with van der Waals surface area (Å²) in [5, 5.41) is 49.5. The Balaban J connectivity index is 1.81. The topological polar surface area (TPSA) is 94.1 Å². The summed E-state index contributed by atoms with van der Waals surface area (Å²) in [6.45, 7) is 13.3. The number of aliphatic hydroxyl groups excluding tert-OH is 4. The summed E-state index contributed by atoms with van der Waals surface area (Å²) in [5.41, 5.74) is 7.36. The van der Waals surface area contributed by atoms with Gasteiger partial charge >= 0.3 is 0 Å². The van der Waals surface area contributed by atoms with Gasteiger partial charge in [0.1, 0.15) is 16.8 Å². The molecule has 0 spiro atoms. The second kappa shape index (κ2) is 15.1. The molecule has 1 aliphatic rings. The van der Waals surface area contributed by atoms with Crippen molar-refractivity contribution in [3.8, 4) is 0 Å². The molecule has 4 aromatic carbocycles. The first kappa shape index (κ1) is 35.8. The lowest BCUT2D eigenvalue weighted by atomic mass is 9.89. The van der Waals surface area contributed by atoms with E-state index in [0.29, 0.717) is 12.0 Å². The van der Waals surface area contributed by atoms with Gasteiger partial charge in [0, 0.05) is 21.6 Å². The van der Waals surface area contributed by atoms with E-state index in [0.717, 1.165) is 81.1 Å². The molecule has 6 rings (SSSR count). The molecule has 0 amide bonds. The Morgan fingerprint density at radius 2 is 1.42 bits per heavy atom. The summed E-state index contributed by atoms with van der Waals surface area (Å²) >= 11 is 0. The highest BCUT2D eigenvalue weighted by Gasteiger charge is 2.17. The van der Waals surface area contributed by atoms with E-state index in [1.54, 1.807) is 6.92 Å². The van der Waals surface area contributed by atoms with Crippen LogP contribution in [0, 0.1) is 0 Å². The van der Waals surface area contributed by atoms with Gasteiger partial charge in [0.05, 0.1) is 6.61 Å². The maximum atomic E-state index is 10.8. The van der Waals surface area contributed by atoms with Gasteiger partial charge in [0.15, 0.2) is 11.5 Å². The molecule has 262 valence electrons. The van der Waals surface area contributed by atoms with Crippen molar-refractivity contribution in [2.75, 3.05) is 6.61 Å². The van der Waals surface area contributed by atoms with Crippen molar-refractivity contribution in [2.24, 2.45) is 0 Å². The quantitative estimate of drug-likeness (QED) is 0.120. The zero-order valence-electron chi connectivity index (χ0n) is 30.3. The fourth-order valence-electron chi connectivity index (χ4n) is 7.27. The monoisotopic (exact) mass is 688 g/mol. The molecule has 0 saturated heterocycles. The Labute approximate surface area is 303 Å². The van der Waals surface area contributed by atoms with Crippen molar-refractivity contribution in [3.63, 3.8) is 0 Å². The summed E-state index contributed by atoms with van der Waals surface area (Å²) in [7, 11) is 0. The highest BCUT2D eigenvalue weighted by molar-refractivity contribution is 6.06. The zero-order chi connectivity index (χ0) is 37.1. The third kappa shape index (κ3) is 6.47. The molecule has 0 fully saturated rings. The van der Waals surface area contributed by atoms with E-state index >= 15 is 0 Å². The molecule has 52 heavy (non-hydrogen) atoms. The van der Waals surface area contributed by atoms with E-state index in [1.165, 1.54) is 6.92 Å². The molecule has 0 radical (unpaired) electrons. The molecular formula is C47H44O5. The number of benzene rings is 4.